The van der Waals surface area contributed by atoms with Gasteiger partial charge in [-0.15, -0.1) is 0 Å². The number of amides is 1. The number of hydrogen-bond donors (Lipinski definition) is 0. The number of hydrogen-bond acceptors (Lipinski definition) is 3. The van der Waals surface area contributed by atoms with Crippen LogP contribution in [0.3, 0.4) is 0 Å². The molecule has 1 amide bonds. The second kappa shape index (κ2) is 7.31. The van der Waals surface area contributed by atoms with Crippen LogP contribution in [0.15, 0.2) is 30.3 Å². The van der Waals surface area contributed by atoms with Crippen molar-refractivity contribution in [3.05, 3.63) is 57.9 Å². The number of nitrogens with zero attached hydrogens (tertiary/aromatic N) is 2. The lowest BCUT2D eigenvalue weighted by Gasteiger charge is -2.20. The van der Waals surface area contributed by atoms with E-state index in [1.54, 1.807) is 25.2 Å². The molecule has 0 saturated heterocycles. The number of rotatable bonds is 4. The van der Waals surface area contributed by atoms with Gasteiger partial charge < -0.3 is 9.64 Å². The van der Waals surface area contributed by atoms with Gasteiger partial charge in [-0.1, -0.05) is 11.6 Å². The van der Waals surface area contributed by atoms with Gasteiger partial charge in [0.05, 0.1) is 18.4 Å². The van der Waals surface area contributed by atoms with Gasteiger partial charge in [0.1, 0.15) is 11.4 Å². The monoisotopic (exact) mass is 372 g/mol. The van der Waals surface area contributed by atoms with E-state index in [1.807, 2.05) is 0 Å². The zero-order valence-corrected chi connectivity index (χ0v) is 14.6. The average Bonchev–Trinajstić information content (AvgIpc) is 2.53. The summed E-state index contributed by atoms with van der Waals surface area (Å²) < 4.78 is 43.3. The van der Waals surface area contributed by atoms with Crippen LogP contribution >= 0.6 is 11.6 Å². The minimum Gasteiger partial charge on any atom is -0.496 e. The number of aryl methyl sites for hydroxylation is 1. The topological polar surface area (TPSA) is 42.4 Å². The lowest BCUT2D eigenvalue weighted by molar-refractivity contribution is -0.141. The highest BCUT2D eigenvalue weighted by molar-refractivity contribution is 6.30. The summed E-state index contributed by atoms with van der Waals surface area (Å²) in [5, 5.41) is 0.490. The quantitative estimate of drug-likeness (QED) is 0.801. The van der Waals surface area contributed by atoms with Crippen LogP contribution in [0, 0.1) is 6.92 Å². The van der Waals surface area contributed by atoms with Crippen molar-refractivity contribution in [2.24, 2.45) is 0 Å². The lowest BCUT2D eigenvalue weighted by Crippen LogP contribution is -2.27. The predicted molar refractivity (Wildman–Crippen MR) is 87.8 cm³/mol. The van der Waals surface area contributed by atoms with Crippen molar-refractivity contribution in [2.75, 3.05) is 14.2 Å². The van der Waals surface area contributed by atoms with Crippen molar-refractivity contribution in [3.63, 3.8) is 0 Å². The van der Waals surface area contributed by atoms with Crippen LogP contribution in [0.2, 0.25) is 5.02 Å². The van der Waals surface area contributed by atoms with Gasteiger partial charge in [-0.25, -0.2) is 4.98 Å². The summed E-state index contributed by atoms with van der Waals surface area (Å²) in [6.45, 7) is 1.55. The lowest BCUT2D eigenvalue weighted by atomic mass is 10.1. The highest BCUT2D eigenvalue weighted by Crippen LogP contribution is 2.29. The fourth-order valence-corrected chi connectivity index (χ4v) is 2.54. The molecule has 1 aromatic carbocycles. The van der Waals surface area contributed by atoms with Gasteiger partial charge in [0, 0.05) is 24.2 Å². The fourth-order valence-electron chi connectivity index (χ4n) is 2.35. The molecule has 2 rings (SSSR count). The minimum atomic E-state index is -4.55. The maximum absolute atomic E-state index is 12.7. The molecule has 0 aliphatic rings. The number of alkyl halides is 3. The molecule has 0 N–H and O–H groups in total. The molecular formula is C17H16ClF3N2O2. The molecule has 0 unspecified atom stereocenters. The Balaban J connectivity index is 2.25. The molecule has 4 nitrogen and oxygen atoms in total. The van der Waals surface area contributed by atoms with Gasteiger partial charge in [0.15, 0.2) is 0 Å². The molecule has 0 radical (unpaired) electrons. The van der Waals surface area contributed by atoms with Gasteiger partial charge in [-0.3, -0.25) is 4.79 Å². The number of methoxy groups -OCH3 is 1. The Morgan fingerprint density at radius 3 is 2.52 bits per heavy atom. The zero-order chi connectivity index (χ0) is 18.8. The maximum atomic E-state index is 12.7. The third-order valence-corrected chi connectivity index (χ3v) is 3.84. The third kappa shape index (κ3) is 4.42. The standard InChI is InChI=1S/C17H16ClF3N2O2/c1-10-13(5-7-15(22-10)17(19,20)21)16(24)23(2)9-11-8-12(18)4-6-14(11)25-3/h4-8H,9H2,1-3H3. The van der Waals surface area contributed by atoms with Crippen molar-refractivity contribution in [1.29, 1.82) is 0 Å². The van der Waals surface area contributed by atoms with Gasteiger partial charge in [-0.05, 0) is 37.3 Å². The molecule has 1 heterocycles. The molecule has 0 spiro atoms. The number of benzene rings is 1. The molecule has 8 heteroatoms. The summed E-state index contributed by atoms with van der Waals surface area (Å²) in [5.41, 5.74) is -0.217. The van der Waals surface area contributed by atoms with Crippen LogP contribution in [-0.2, 0) is 12.7 Å². The third-order valence-electron chi connectivity index (χ3n) is 3.60. The minimum absolute atomic E-state index is 0.0183. The molecule has 0 aliphatic heterocycles. The van der Waals surface area contributed by atoms with Crippen molar-refractivity contribution < 1.29 is 22.7 Å². The molecule has 0 saturated carbocycles. The smallest absolute Gasteiger partial charge is 0.433 e. The molecule has 0 atom stereocenters. The first kappa shape index (κ1) is 19.1. The van der Waals surface area contributed by atoms with Crippen LogP contribution in [0.5, 0.6) is 5.75 Å². The Hall–Kier alpha value is -2.28. The van der Waals surface area contributed by atoms with E-state index in [2.05, 4.69) is 4.98 Å². The summed E-state index contributed by atoms with van der Waals surface area (Å²) in [6, 6.07) is 6.95. The number of carbonyl (C=O) groups excluding carboxylic acids is 1. The van der Waals surface area contributed by atoms with E-state index >= 15 is 0 Å². The average molecular weight is 373 g/mol. The highest BCUT2D eigenvalue weighted by atomic mass is 35.5. The van der Waals surface area contributed by atoms with Crippen LogP contribution < -0.4 is 4.74 Å². The Kier molecular flexibility index (Phi) is 5.57. The van der Waals surface area contributed by atoms with Crippen molar-refractivity contribution >= 4 is 17.5 Å². The van der Waals surface area contributed by atoms with Crippen molar-refractivity contribution in [3.8, 4) is 5.75 Å². The summed E-state index contributed by atoms with van der Waals surface area (Å²) in [4.78, 5) is 17.4. The summed E-state index contributed by atoms with van der Waals surface area (Å²) >= 11 is 5.96. The van der Waals surface area contributed by atoms with Gasteiger partial charge in [0.2, 0.25) is 0 Å². The van der Waals surface area contributed by atoms with E-state index in [1.165, 1.54) is 18.9 Å². The molecule has 134 valence electrons. The number of ether oxygens (including phenoxy) is 1. The summed E-state index contributed by atoms with van der Waals surface area (Å²) in [5.74, 6) is 0.118. The second-order valence-electron chi connectivity index (χ2n) is 5.44. The van der Waals surface area contributed by atoms with E-state index < -0.39 is 17.8 Å². The molecule has 25 heavy (non-hydrogen) atoms. The van der Waals surface area contributed by atoms with Crippen LogP contribution in [0.4, 0.5) is 13.2 Å². The zero-order valence-electron chi connectivity index (χ0n) is 13.8. The van der Waals surface area contributed by atoms with E-state index in [9.17, 15) is 18.0 Å². The number of halogens is 4. The number of pyridine rings is 1. The van der Waals surface area contributed by atoms with Crippen molar-refractivity contribution in [1.82, 2.24) is 9.88 Å². The van der Waals surface area contributed by atoms with Gasteiger partial charge in [0.25, 0.3) is 5.91 Å². The van der Waals surface area contributed by atoms with E-state index in [4.69, 9.17) is 16.3 Å². The SMILES string of the molecule is COc1ccc(Cl)cc1CN(C)C(=O)c1ccc(C(F)(F)F)nc1C. The molecule has 1 aromatic heterocycles. The van der Waals surface area contributed by atoms with Crippen LogP contribution in [-0.4, -0.2) is 29.9 Å². The number of carbonyl (C=O) groups is 1. The Bertz CT molecular complexity index is 794. The molecule has 0 bridgehead atoms. The molecule has 0 fully saturated rings. The van der Waals surface area contributed by atoms with Crippen molar-refractivity contribution in [2.45, 2.75) is 19.6 Å². The molecular weight excluding hydrogens is 357 g/mol. The predicted octanol–water partition coefficient (Wildman–Crippen LogP) is 4.34. The molecule has 2 aromatic rings. The Morgan fingerprint density at radius 1 is 1.28 bits per heavy atom. The van der Waals surface area contributed by atoms with E-state index in [0.717, 1.165) is 12.1 Å². The van der Waals surface area contributed by atoms with E-state index in [0.29, 0.717) is 16.3 Å². The summed E-state index contributed by atoms with van der Waals surface area (Å²) in [7, 11) is 3.04. The molecule has 0 aliphatic carbocycles. The summed E-state index contributed by atoms with van der Waals surface area (Å²) in [6.07, 6.45) is -4.55. The second-order valence-corrected chi connectivity index (χ2v) is 5.88. The maximum Gasteiger partial charge on any atom is 0.433 e. The highest BCUT2D eigenvalue weighted by Gasteiger charge is 2.33. The number of aromatic nitrogens is 1. The van der Waals surface area contributed by atoms with Crippen LogP contribution in [0.1, 0.15) is 27.3 Å². The first-order valence-corrected chi connectivity index (χ1v) is 7.64. The van der Waals surface area contributed by atoms with Crippen LogP contribution in [0.25, 0.3) is 0 Å². The fraction of sp³-hybridized carbons (Fsp3) is 0.294. The van der Waals surface area contributed by atoms with Gasteiger partial charge >= 0.3 is 6.18 Å². The normalized spacial score (nSPS) is 11.3. The first-order valence-electron chi connectivity index (χ1n) is 7.26. The van der Waals surface area contributed by atoms with Gasteiger partial charge in [-0.2, -0.15) is 13.2 Å². The largest absolute Gasteiger partial charge is 0.496 e. The van der Waals surface area contributed by atoms with E-state index in [-0.39, 0.29) is 17.8 Å². The Labute approximate surface area is 148 Å². The first-order chi connectivity index (χ1) is 11.6. The Morgan fingerprint density at radius 2 is 1.96 bits per heavy atom.